The van der Waals surface area contributed by atoms with Crippen LogP contribution in [0.25, 0.3) is 0 Å². The van der Waals surface area contributed by atoms with Crippen molar-refractivity contribution in [2.45, 2.75) is 18.9 Å². The Labute approximate surface area is 121 Å². The number of rotatable bonds is 3. The van der Waals surface area contributed by atoms with Crippen molar-refractivity contribution in [1.29, 1.82) is 0 Å². The van der Waals surface area contributed by atoms with Crippen molar-refractivity contribution >= 4 is 12.2 Å². The highest BCUT2D eigenvalue weighted by atomic mass is 32.1. The molecule has 1 atom stereocenters. The highest BCUT2D eigenvalue weighted by Crippen LogP contribution is 2.32. The molecular weight excluding hydrogens is 277 g/mol. The van der Waals surface area contributed by atoms with Crippen molar-refractivity contribution in [2.24, 2.45) is 5.73 Å². The Balaban J connectivity index is 1.94. The SMILES string of the molecule is NCCc1c[nH]c(=S)n1[C@@H]1COc2c(F)cccc2C1. The zero-order valence-electron chi connectivity index (χ0n) is 10.9. The topological polar surface area (TPSA) is 56.0 Å². The van der Waals surface area contributed by atoms with Crippen LogP contribution in [-0.2, 0) is 12.8 Å². The monoisotopic (exact) mass is 293 g/mol. The molecule has 0 aliphatic carbocycles. The summed E-state index contributed by atoms with van der Waals surface area (Å²) in [6, 6.07) is 5.09. The lowest BCUT2D eigenvalue weighted by atomic mass is 10.0. The van der Waals surface area contributed by atoms with Crippen molar-refractivity contribution in [3.8, 4) is 5.75 Å². The van der Waals surface area contributed by atoms with Crippen LogP contribution in [0.1, 0.15) is 17.3 Å². The number of para-hydroxylation sites is 1. The predicted molar refractivity (Wildman–Crippen MR) is 77.0 cm³/mol. The van der Waals surface area contributed by atoms with E-state index in [1.807, 2.05) is 16.8 Å². The third-order valence-corrected chi connectivity index (χ3v) is 3.89. The summed E-state index contributed by atoms with van der Waals surface area (Å²) in [4.78, 5) is 3.05. The van der Waals surface area contributed by atoms with Crippen LogP contribution in [0.5, 0.6) is 5.75 Å². The van der Waals surface area contributed by atoms with Gasteiger partial charge in [-0.15, -0.1) is 0 Å². The number of aromatic amines is 1. The summed E-state index contributed by atoms with van der Waals surface area (Å²) >= 11 is 5.33. The summed E-state index contributed by atoms with van der Waals surface area (Å²) in [5, 5.41) is 0. The van der Waals surface area contributed by atoms with Gasteiger partial charge in [0.2, 0.25) is 0 Å². The summed E-state index contributed by atoms with van der Waals surface area (Å²) in [6.45, 7) is 0.975. The van der Waals surface area contributed by atoms with Crippen LogP contribution < -0.4 is 10.5 Å². The Morgan fingerprint density at radius 3 is 3.15 bits per heavy atom. The quantitative estimate of drug-likeness (QED) is 0.854. The number of ether oxygens (including phenoxy) is 1. The summed E-state index contributed by atoms with van der Waals surface area (Å²) in [7, 11) is 0. The van der Waals surface area contributed by atoms with Gasteiger partial charge in [-0.1, -0.05) is 12.1 Å². The van der Waals surface area contributed by atoms with Gasteiger partial charge in [-0.2, -0.15) is 0 Å². The second-order valence-corrected chi connectivity index (χ2v) is 5.28. The molecule has 2 heterocycles. The minimum absolute atomic E-state index is 0.0737. The number of hydrogen-bond acceptors (Lipinski definition) is 3. The molecule has 4 nitrogen and oxygen atoms in total. The number of aromatic nitrogens is 2. The minimum Gasteiger partial charge on any atom is -0.488 e. The van der Waals surface area contributed by atoms with Gasteiger partial charge in [0.05, 0.1) is 6.04 Å². The number of nitrogens with zero attached hydrogens (tertiary/aromatic N) is 1. The molecule has 0 bridgehead atoms. The van der Waals surface area contributed by atoms with E-state index in [0.29, 0.717) is 30.1 Å². The van der Waals surface area contributed by atoms with Crippen molar-refractivity contribution in [3.63, 3.8) is 0 Å². The third-order valence-electron chi connectivity index (χ3n) is 3.58. The smallest absolute Gasteiger partial charge is 0.177 e. The lowest BCUT2D eigenvalue weighted by molar-refractivity contribution is 0.211. The minimum atomic E-state index is -0.305. The molecule has 1 aliphatic heterocycles. The number of nitrogens with two attached hydrogens (primary N) is 1. The van der Waals surface area contributed by atoms with Crippen molar-refractivity contribution in [1.82, 2.24) is 9.55 Å². The van der Waals surface area contributed by atoms with E-state index < -0.39 is 0 Å². The van der Waals surface area contributed by atoms with Gasteiger partial charge in [-0.3, -0.25) is 0 Å². The fraction of sp³-hybridized carbons (Fsp3) is 0.357. The van der Waals surface area contributed by atoms with Gasteiger partial charge in [0.25, 0.3) is 0 Å². The maximum Gasteiger partial charge on any atom is 0.177 e. The molecule has 1 aromatic heterocycles. The fourth-order valence-electron chi connectivity index (χ4n) is 2.69. The van der Waals surface area contributed by atoms with E-state index >= 15 is 0 Å². The number of benzene rings is 1. The zero-order valence-corrected chi connectivity index (χ0v) is 11.8. The maximum absolute atomic E-state index is 13.6. The van der Waals surface area contributed by atoms with Crippen LogP contribution in [0, 0.1) is 10.6 Å². The Bertz CT molecular complexity index is 679. The third kappa shape index (κ3) is 2.25. The molecule has 3 rings (SSSR count). The first kappa shape index (κ1) is 13.3. The molecule has 2 aromatic rings. The average molecular weight is 293 g/mol. The van der Waals surface area contributed by atoms with E-state index in [0.717, 1.165) is 17.7 Å². The standard InChI is InChI=1S/C14H16FN3OS/c15-12-3-1-2-9-6-11(8-19-13(9)12)18-10(4-5-16)7-17-14(18)20/h1-3,7,11H,4-6,8,16H2,(H,17,20)/t11-/m0/s1. The van der Waals surface area contributed by atoms with Crippen molar-refractivity contribution in [3.05, 3.63) is 46.2 Å². The molecule has 1 aromatic carbocycles. The van der Waals surface area contributed by atoms with E-state index in [-0.39, 0.29) is 11.9 Å². The first-order valence-corrected chi connectivity index (χ1v) is 7.00. The lowest BCUT2D eigenvalue weighted by Gasteiger charge is -2.27. The zero-order chi connectivity index (χ0) is 14.1. The van der Waals surface area contributed by atoms with Gasteiger partial charge in [0.1, 0.15) is 6.61 Å². The molecule has 0 saturated heterocycles. The number of H-pyrrole nitrogens is 1. The number of fused-ring (bicyclic) bond motifs is 1. The number of halogens is 1. The summed E-state index contributed by atoms with van der Waals surface area (Å²) < 4.78 is 21.9. The molecule has 0 spiro atoms. The molecule has 20 heavy (non-hydrogen) atoms. The van der Waals surface area contributed by atoms with Crippen LogP contribution in [0.15, 0.2) is 24.4 Å². The van der Waals surface area contributed by atoms with Gasteiger partial charge in [0, 0.05) is 24.7 Å². The van der Waals surface area contributed by atoms with Crippen molar-refractivity contribution < 1.29 is 9.13 Å². The molecule has 106 valence electrons. The molecule has 0 fully saturated rings. The fourth-order valence-corrected chi connectivity index (χ4v) is 3.01. The van der Waals surface area contributed by atoms with E-state index in [1.165, 1.54) is 6.07 Å². The molecular formula is C14H16FN3OS. The van der Waals surface area contributed by atoms with Crippen LogP contribution in [0.2, 0.25) is 0 Å². The van der Waals surface area contributed by atoms with Crippen LogP contribution in [-0.4, -0.2) is 22.7 Å². The Morgan fingerprint density at radius 1 is 1.50 bits per heavy atom. The van der Waals surface area contributed by atoms with Gasteiger partial charge < -0.3 is 20.0 Å². The summed E-state index contributed by atoms with van der Waals surface area (Å²) in [6.07, 6.45) is 3.34. The number of hydrogen-bond donors (Lipinski definition) is 2. The van der Waals surface area contributed by atoms with E-state index in [9.17, 15) is 4.39 Å². The molecule has 0 amide bonds. The largest absolute Gasteiger partial charge is 0.488 e. The van der Waals surface area contributed by atoms with E-state index in [1.54, 1.807) is 6.07 Å². The normalized spacial score (nSPS) is 17.6. The first-order chi connectivity index (χ1) is 9.70. The lowest BCUT2D eigenvalue weighted by Crippen LogP contribution is -2.26. The molecule has 0 saturated carbocycles. The van der Waals surface area contributed by atoms with E-state index in [4.69, 9.17) is 22.7 Å². The molecule has 3 N–H and O–H groups in total. The highest BCUT2D eigenvalue weighted by molar-refractivity contribution is 7.71. The van der Waals surface area contributed by atoms with Gasteiger partial charge >= 0.3 is 0 Å². The number of imidazole rings is 1. The van der Waals surface area contributed by atoms with Crippen LogP contribution >= 0.6 is 12.2 Å². The number of nitrogens with one attached hydrogen (secondary N) is 1. The molecule has 1 aliphatic rings. The van der Waals surface area contributed by atoms with Crippen molar-refractivity contribution in [2.75, 3.05) is 13.2 Å². The summed E-state index contributed by atoms with van der Waals surface area (Å²) in [5.74, 6) is 0.0620. The summed E-state index contributed by atoms with van der Waals surface area (Å²) in [5.41, 5.74) is 7.56. The second-order valence-electron chi connectivity index (χ2n) is 4.89. The van der Waals surface area contributed by atoms with Gasteiger partial charge in [0.15, 0.2) is 16.3 Å². The Hall–Kier alpha value is -1.66. The molecule has 6 heteroatoms. The van der Waals surface area contributed by atoms with Crippen LogP contribution in [0.4, 0.5) is 4.39 Å². The second kappa shape index (κ2) is 5.38. The first-order valence-electron chi connectivity index (χ1n) is 6.59. The average Bonchev–Trinajstić information content (AvgIpc) is 2.80. The Kier molecular flexibility index (Phi) is 3.58. The molecule has 0 radical (unpaired) electrons. The van der Waals surface area contributed by atoms with Gasteiger partial charge in [-0.05, 0) is 30.4 Å². The van der Waals surface area contributed by atoms with Gasteiger partial charge in [-0.25, -0.2) is 4.39 Å². The Morgan fingerprint density at radius 2 is 2.35 bits per heavy atom. The van der Waals surface area contributed by atoms with E-state index in [2.05, 4.69) is 4.98 Å². The highest BCUT2D eigenvalue weighted by Gasteiger charge is 2.25. The maximum atomic E-state index is 13.6. The van der Waals surface area contributed by atoms with Crippen LogP contribution in [0.3, 0.4) is 0 Å². The predicted octanol–water partition coefficient (Wildman–Crippen LogP) is 2.36. The molecule has 0 unspecified atom stereocenters.